The molecule has 1 rings (SSSR count). The van der Waals surface area contributed by atoms with E-state index in [0.29, 0.717) is 24.4 Å². The van der Waals surface area contributed by atoms with E-state index in [1.165, 1.54) is 31.2 Å². The number of carboxylic acids is 1. The van der Waals surface area contributed by atoms with Crippen LogP contribution in [0.15, 0.2) is 17.5 Å². The fraction of sp³-hybridized carbons (Fsp3) is 0.619. The number of aromatic amines is 1. The quantitative estimate of drug-likeness (QED) is 0.0543. The molecule has 0 saturated carbocycles. The molecule has 15 nitrogen and oxygen atoms in total. The van der Waals surface area contributed by atoms with Crippen molar-refractivity contribution in [3.63, 3.8) is 0 Å². The van der Waals surface area contributed by atoms with Crippen molar-refractivity contribution in [1.82, 2.24) is 25.9 Å². The number of aliphatic imine (C=N–C) groups is 1. The number of imidazole rings is 1. The van der Waals surface area contributed by atoms with Gasteiger partial charge in [0.15, 0.2) is 5.96 Å². The second-order valence-corrected chi connectivity index (χ2v) is 9.29. The summed E-state index contributed by atoms with van der Waals surface area (Å²) in [5.74, 6) is -3.07. The Morgan fingerprint density at radius 3 is 2.32 bits per heavy atom. The number of carbonyl (C=O) groups is 4. The summed E-state index contributed by atoms with van der Waals surface area (Å²) in [4.78, 5) is 60.4. The average molecular weight is 544 g/mol. The van der Waals surface area contributed by atoms with Crippen molar-refractivity contribution in [2.75, 3.05) is 18.6 Å². The lowest BCUT2D eigenvalue weighted by Crippen LogP contribution is -2.60. The summed E-state index contributed by atoms with van der Waals surface area (Å²) in [5, 5.41) is 26.9. The Morgan fingerprint density at radius 2 is 1.78 bits per heavy atom. The van der Waals surface area contributed by atoms with Crippen molar-refractivity contribution < 1.29 is 29.4 Å². The van der Waals surface area contributed by atoms with Crippen LogP contribution in [0.1, 0.15) is 31.9 Å². The van der Waals surface area contributed by atoms with Crippen LogP contribution in [0.2, 0.25) is 0 Å². The maximum Gasteiger partial charge on any atom is 0.326 e. The van der Waals surface area contributed by atoms with Gasteiger partial charge in [-0.25, -0.2) is 9.78 Å². The van der Waals surface area contributed by atoms with Gasteiger partial charge in [-0.1, -0.05) is 0 Å². The van der Waals surface area contributed by atoms with Crippen molar-refractivity contribution in [3.05, 3.63) is 18.2 Å². The summed E-state index contributed by atoms with van der Waals surface area (Å²) < 4.78 is 0. The predicted molar refractivity (Wildman–Crippen MR) is 138 cm³/mol. The number of rotatable bonds is 17. The van der Waals surface area contributed by atoms with Gasteiger partial charge in [0.25, 0.3) is 0 Å². The molecule has 5 unspecified atom stereocenters. The summed E-state index contributed by atoms with van der Waals surface area (Å²) in [6.45, 7) is 1.57. The van der Waals surface area contributed by atoms with Gasteiger partial charge >= 0.3 is 5.97 Å². The monoisotopic (exact) mass is 543 g/mol. The Bertz CT molecular complexity index is 908. The maximum atomic E-state index is 13.0. The van der Waals surface area contributed by atoms with Crippen LogP contribution in [-0.2, 0) is 25.6 Å². The Hall–Kier alpha value is -3.37. The lowest BCUT2D eigenvalue weighted by Gasteiger charge is -2.26. The van der Waals surface area contributed by atoms with Gasteiger partial charge in [0.05, 0.1) is 18.5 Å². The lowest BCUT2D eigenvalue weighted by atomic mass is 10.1. The minimum Gasteiger partial charge on any atom is -0.480 e. The Morgan fingerprint density at radius 1 is 1.11 bits per heavy atom. The minimum absolute atomic E-state index is 0.0699. The van der Waals surface area contributed by atoms with Crippen LogP contribution < -0.4 is 33.2 Å². The van der Waals surface area contributed by atoms with Crippen LogP contribution in [-0.4, -0.2) is 98.7 Å². The first-order valence-electron chi connectivity index (χ1n) is 11.5. The molecule has 12 N–H and O–H groups in total. The number of nitrogens with one attached hydrogen (secondary N) is 4. The van der Waals surface area contributed by atoms with Gasteiger partial charge in [-0.3, -0.25) is 19.4 Å². The summed E-state index contributed by atoms with van der Waals surface area (Å²) in [5.41, 5.74) is 16.9. The van der Waals surface area contributed by atoms with Gasteiger partial charge in [0.2, 0.25) is 17.7 Å². The first-order valence-corrected chi connectivity index (χ1v) is 12.9. The number of thioether (sulfide) groups is 1. The minimum atomic E-state index is -1.47. The molecule has 37 heavy (non-hydrogen) atoms. The standard InChI is InChI=1S/C21H37N9O6S/c1-11(31)16(19(34)29-15(20(35)36)8-12-9-25-10-27-12)30-18(33)14(5-7-37-2)28-17(32)13(22)4-3-6-26-21(23)24/h9-11,13-16,31H,3-8,22H2,1-2H3,(H,25,27)(H,28,32)(H,29,34)(H,30,33)(H,35,36)(H4,23,24,26). The molecule has 0 saturated heterocycles. The van der Waals surface area contributed by atoms with E-state index in [9.17, 15) is 29.4 Å². The molecule has 0 aliphatic heterocycles. The van der Waals surface area contributed by atoms with E-state index in [2.05, 4.69) is 30.9 Å². The number of guanidine groups is 1. The van der Waals surface area contributed by atoms with E-state index in [-0.39, 0.29) is 25.2 Å². The van der Waals surface area contributed by atoms with E-state index in [0.717, 1.165) is 0 Å². The Labute approximate surface area is 218 Å². The number of aliphatic carboxylic acids is 1. The molecule has 0 aliphatic rings. The summed E-state index contributed by atoms with van der Waals surface area (Å²) >= 11 is 1.44. The molecule has 0 fully saturated rings. The third kappa shape index (κ3) is 11.9. The van der Waals surface area contributed by atoms with Crippen molar-refractivity contribution in [3.8, 4) is 0 Å². The Kier molecular flexibility index (Phi) is 14.0. The predicted octanol–water partition coefficient (Wildman–Crippen LogP) is -2.99. The van der Waals surface area contributed by atoms with Crippen molar-refractivity contribution in [1.29, 1.82) is 0 Å². The van der Waals surface area contributed by atoms with E-state index < -0.39 is 54.0 Å². The second-order valence-electron chi connectivity index (χ2n) is 8.31. The fourth-order valence-electron chi connectivity index (χ4n) is 3.17. The normalized spacial score (nSPS) is 14.9. The number of aliphatic hydroxyl groups is 1. The molecule has 1 heterocycles. The van der Waals surface area contributed by atoms with Gasteiger partial charge in [0, 0.05) is 24.9 Å². The summed E-state index contributed by atoms with van der Waals surface area (Å²) in [6.07, 6.45) is 4.10. The molecular weight excluding hydrogens is 506 g/mol. The first-order chi connectivity index (χ1) is 17.5. The number of nitrogens with two attached hydrogens (primary N) is 3. The largest absolute Gasteiger partial charge is 0.480 e. The van der Waals surface area contributed by atoms with Crippen LogP contribution in [0.4, 0.5) is 0 Å². The lowest BCUT2D eigenvalue weighted by molar-refractivity contribution is -0.143. The smallest absolute Gasteiger partial charge is 0.326 e. The Balaban J connectivity index is 2.84. The molecule has 16 heteroatoms. The zero-order chi connectivity index (χ0) is 28.0. The maximum absolute atomic E-state index is 13.0. The number of carboxylic acid groups (broad SMARTS) is 1. The molecule has 208 valence electrons. The van der Waals surface area contributed by atoms with E-state index in [1.807, 2.05) is 6.26 Å². The summed E-state index contributed by atoms with van der Waals surface area (Å²) in [7, 11) is 0. The average Bonchev–Trinajstić information content (AvgIpc) is 3.34. The number of aromatic nitrogens is 2. The third-order valence-electron chi connectivity index (χ3n) is 5.20. The molecule has 1 aromatic heterocycles. The van der Waals surface area contributed by atoms with Gasteiger partial charge in [-0.2, -0.15) is 11.8 Å². The SMILES string of the molecule is CSCCC(NC(=O)C(N)CCCN=C(N)N)C(=O)NC(C(=O)NC(Cc1cnc[nH]1)C(=O)O)C(C)O. The molecule has 3 amide bonds. The van der Waals surface area contributed by atoms with Crippen molar-refractivity contribution >= 4 is 41.4 Å². The van der Waals surface area contributed by atoms with Crippen molar-refractivity contribution in [2.24, 2.45) is 22.2 Å². The molecule has 5 atom stereocenters. The first kappa shape index (κ1) is 31.7. The highest BCUT2D eigenvalue weighted by Crippen LogP contribution is 2.06. The van der Waals surface area contributed by atoms with Crippen molar-refractivity contribution in [2.45, 2.75) is 62.9 Å². The van der Waals surface area contributed by atoms with E-state index >= 15 is 0 Å². The molecule has 0 aromatic carbocycles. The topological polar surface area (TPSA) is 264 Å². The number of aliphatic hydroxyl groups excluding tert-OH is 1. The van der Waals surface area contributed by atoms with Gasteiger partial charge in [-0.05, 0) is 38.2 Å². The molecule has 0 aliphatic carbocycles. The number of H-pyrrole nitrogens is 1. The van der Waals surface area contributed by atoms with Crippen LogP contribution >= 0.6 is 11.8 Å². The van der Waals surface area contributed by atoms with Crippen LogP contribution in [0.3, 0.4) is 0 Å². The molecule has 0 spiro atoms. The zero-order valence-corrected chi connectivity index (χ0v) is 21.7. The number of carbonyl (C=O) groups excluding carboxylic acids is 3. The highest BCUT2D eigenvalue weighted by atomic mass is 32.2. The van der Waals surface area contributed by atoms with Crippen LogP contribution in [0.25, 0.3) is 0 Å². The number of amides is 3. The fourth-order valence-corrected chi connectivity index (χ4v) is 3.64. The van der Waals surface area contributed by atoms with Crippen LogP contribution in [0.5, 0.6) is 0 Å². The highest BCUT2D eigenvalue weighted by Gasteiger charge is 2.32. The molecule has 0 bridgehead atoms. The zero-order valence-electron chi connectivity index (χ0n) is 20.8. The highest BCUT2D eigenvalue weighted by molar-refractivity contribution is 7.98. The molecule has 0 radical (unpaired) electrons. The van der Waals surface area contributed by atoms with Gasteiger partial charge in [-0.15, -0.1) is 0 Å². The van der Waals surface area contributed by atoms with Gasteiger partial charge in [0.1, 0.15) is 18.1 Å². The van der Waals surface area contributed by atoms with Gasteiger partial charge < -0.3 is 48.3 Å². The van der Waals surface area contributed by atoms with E-state index in [1.54, 1.807) is 0 Å². The second kappa shape index (κ2) is 16.4. The third-order valence-corrected chi connectivity index (χ3v) is 5.85. The van der Waals surface area contributed by atoms with Crippen LogP contribution in [0, 0.1) is 0 Å². The number of hydrogen-bond donors (Lipinski definition) is 9. The molecule has 1 aromatic rings. The summed E-state index contributed by atoms with van der Waals surface area (Å²) in [6, 6.07) is -4.78. The number of hydrogen-bond acceptors (Lipinski definition) is 9. The van der Waals surface area contributed by atoms with E-state index in [4.69, 9.17) is 17.2 Å². The molecular formula is C21H37N9O6S. The number of nitrogens with zero attached hydrogens (tertiary/aromatic N) is 2.